The van der Waals surface area contributed by atoms with Crippen LogP contribution in [-0.4, -0.2) is 53.8 Å². The second-order valence-electron chi connectivity index (χ2n) is 7.01. The van der Waals surface area contributed by atoms with Gasteiger partial charge in [0, 0.05) is 49.4 Å². The van der Waals surface area contributed by atoms with E-state index in [0.717, 1.165) is 31.7 Å². The van der Waals surface area contributed by atoms with Crippen LogP contribution in [0.2, 0.25) is 0 Å². The van der Waals surface area contributed by atoms with Crippen molar-refractivity contribution in [3.63, 3.8) is 0 Å². The summed E-state index contributed by atoms with van der Waals surface area (Å²) < 4.78 is 16.8. The van der Waals surface area contributed by atoms with Crippen LogP contribution in [0.5, 0.6) is 0 Å². The number of rotatable bonds is 2. The Morgan fingerprint density at radius 3 is 2.60 bits per heavy atom. The van der Waals surface area contributed by atoms with Crippen molar-refractivity contribution >= 4 is 22.6 Å². The van der Waals surface area contributed by atoms with Crippen LogP contribution >= 0.6 is 0 Å². The number of carboxylic acid groups (broad SMARTS) is 1. The maximum Gasteiger partial charge on any atom is 0.341 e. The summed E-state index contributed by atoms with van der Waals surface area (Å²) in [6.45, 7) is 5.14. The first-order valence-corrected chi connectivity index (χ1v) is 8.45. The van der Waals surface area contributed by atoms with Crippen molar-refractivity contribution in [3.05, 3.63) is 39.4 Å². The fraction of sp³-hybridized carbons (Fsp3) is 0.444. The van der Waals surface area contributed by atoms with Crippen LogP contribution in [-0.2, 0) is 6.42 Å². The van der Waals surface area contributed by atoms with Crippen LogP contribution in [0, 0.1) is 5.82 Å². The van der Waals surface area contributed by atoms with Gasteiger partial charge in [-0.05, 0) is 26.5 Å². The van der Waals surface area contributed by atoms with Crippen molar-refractivity contribution in [1.82, 2.24) is 9.47 Å². The predicted molar refractivity (Wildman–Crippen MR) is 93.3 cm³/mol. The van der Waals surface area contributed by atoms with E-state index < -0.39 is 17.2 Å². The molecule has 1 saturated heterocycles. The SMILES string of the molecule is CC1Cc2c(N3CCN(C)CC3)c(F)cc3c(=O)c(C(=O)O)cn1c23. The minimum Gasteiger partial charge on any atom is -0.477 e. The van der Waals surface area contributed by atoms with E-state index in [4.69, 9.17) is 0 Å². The Kier molecular flexibility index (Phi) is 3.57. The van der Waals surface area contributed by atoms with Gasteiger partial charge in [-0.3, -0.25) is 4.79 Å². The summed E-state index contributed by atoms with van der Waals surface area (Å²) in [4.78, 5) is 28.1. The molecule has 1 N–H and O–H groups in total. The van der Waals surface area contributed by atoms with Crippen molar-refractivity contribution in [2.45, 2.75) is 19.4 Å². The number of piperazine rings is 1. The molecule has 1 atom stereocenters. The van der Waals surface area contributed by atoms with Crippen LogP contribution in [0.15, 0.2) is 17.1 Å². The third-order valence-corrected chi connectivity index (χ3v) is 5.36. The molecule has 7 heteroatoms. The molecule has 0 amide bonds. The molecule has 3 heterocycles. The van der Waals surface area contributed by atoms with Gasteiger partial charge in [0.05, 0.1) is 11.2 Å². The zero-order valence-corrected chi connectivity index (χ0v) is 14.3. The molecule has 1 fully saturated rings. The lowest BCUT2D eigenvalue weighted by Gasteiger charge is -2.35. The van der Waals surface area contributed by atoms with E-state index in [0.29, 0.717) is 17.6 Å². The molecule has 0 spiro atoms. The third-order valence-electron chi connectivity index (χ3n) is 5.36. The lowest BCUT2D eigenvalue weighted by Crippen LogP contribution is -2.45. The number of benzene rings is 1. The number of aromatic nitrogens is 1. The molecule has 1 aromatic carbocycles. The molecule has 0 bridgehead atoms. The molecule has 0 radical (unpaired) electrons. The lowest BCUT2D eigenvalue weighted by atomic mass is 10.0. The largest absolute Gasteiger partial charge is 0.477 e. The van der Waals surface area contributed by atoms with E-state index in [1.807, 2.05) is 23.4 Å². The average molecular weight is 345 g/mol. The zero-order valence-electron chi connectivity index (χ0n) is 14.3. The van der Waals surface area contributed by atoms with Crippen LogP contribution in [0.3, 0.4) is 0 Å². The number of hydrogen-bond acceptors (Lipinski definition) is 4. The van der Waals surface area contributed by atoms with Crippen LogP contribution in [0.1, 0.15) is 28.9 Å². The van der Waals surface area contributed by atoms with Crippen LogP contribution in [0.4, 0.5) is 10.1 Å². The molecule has 2 aromatic rings. The minimum atomic E-state index is -1.28. The highest BCUT2D eigenvalue weighted by Gasteiger charge is 2.31. The number of anilines is 1. The quantitative estimate of drug-likeness (QED) is 0.898. The van der Waals surface area contributed by atoms with Gasteiger partial charge < -0.3 is 19.5 Å². The fourth-order valence-corrected chi connectivity index (χ4v) is 4.02. The normalized spacial score (nSPS) is 20.4. The molecular weight excluding hydrogens is 325 g/mol. The van der Waals surface area contributed by atoms with E-state index >= 15 is 0 Å². The van der Waals surface area contributed by atoms with E-state index in [2.05, 4.69) is 4.90 Å². The van der Waals surface area contributed by atoms with Crippen molar-refractivity contribution < 1.29 is 14.3 Å². The first-order chi connectivity index (χ1) is 11.9. The first kappa shape index (κ1) is 16.1. The number of carboxylic acids is 1. The topological polar surface area (TPSA) is 65.8 Å². The van der Waals surface area contributed by atoms with Crippen molar-refractivity contribution in [3.8, 4) is 0 Å². The van der Waals surface area contributed by atoms with Gasteiger partial charge in [-0.2, -0.15) is 0 Å². The van der Waals surface area contributed by atoms with Gasteiger partial charge >= 0.3 is 5.97 Å². The Morgan fingerprint density at radius 2 is 1.96 bits per heavy atom. The molecule has 132 valence electrons. The molecule has 2 aliphatic rings. The highest BCUT2D eigenvalue weighted by molar-refractivity contribution is 5.96. The Morgan fingerprint density at radius 1 is 1.28 bits per heavy atom. The summed E-state index contributed by atoms with van der Waals surface area (Å²) in [6.07, 6.45) is 2.00. The number of nitrogens with zero attached hydrogens (tertiary/aromatic N) is 3. The average Bonchev–Trinajstić information content (AvgIpc) is 2.88. The predicted octanol–water partition coefficient (Wildman–Crippen LogP) is 1.71. The van der Waals surface area contributed by atoms with Crippen molar-refractivity contribution in [2.75, 3.05) is 38.1 Å². The van der Waals surface area contributed by atoms with E-state index in [-0.39, 0.29) is 17.0 Å². The molecule has 0 saturated carbocycles. The third kappa shape index (κ3) is 2.33. The second kappa shape index (κ2) is 5.56. The van der Waals surface area contributed by atoms with Crippen LogP contribution < -0.4 is 10.3 Å². The lowest BCUT2D eigenvalue weighted by molar-refractivity contribution is 0.0694. The number of hydrogen-bond donors (Lipinski definition) is 1. The van der Waals surface area contributed by atoms with Crippen LogP contribution in [0.25, 0.3) is 10.9 Å². The number of aromatic carboxylic acids is 1. The van der Waals surface area contributed by atoms with Gasteiger partial charge in [-0.15, -0.1) is 0 Å². The maximum atomic E-state index is 15.0. The van der Waals surface area contributed by atoms with E-state index in [1.165, 1.54) is 12.3 Å². The Hall–Kier alpha value is -2.41. The highest BCUT2D eigenvalue weighted by Crippen LogP contribution is 2.39. The Labute approximate surface area is 144 Å². The smallest absolute Gasteiger partial charge is 0.341 e. The van der Waals surface area contributed by atoms with E-state index in [1.54, 1.807) is 0 Å². The standard InChI is InChI=1S/C18H20FN3O3/c1-10-7-11-15-12(17(23)13(18(24)25)9-22(10)15)8-14(19)16(11)21-5-3-20(2)4-6-21/h8-10H,3-7H2,1-2H3,(H,24,25). The number of pyridine rings is 1. The summed E-state index contributed by atoms with van der Waals surface area (Å²) in [5.41, 5.74) is 1.15. The molecule has 2 aliphatic heterocycles. The number of likely N-dealkylation sites (N-methyl/N-ethyl adjacent to an activating group) is 1. The Balaban J connectivity index is 1.97. The number of carbonyl (C=O) groups is 1. The maximum absolute atomic E-state index is 15.0. The van der Waals surface area contributed by atoms with Gasteiger partial charge in [0.25, 0.3) is 0 Å². The summed E-state index contributed by atoms with van der Waals surface area (Å²) in [7, 11) is 2.04. The van der Waals surface area contributed by atoms with Gasteiger partial charge in [0.2, 0.25) is 5.43 Å². The summed E-state index contributed by atoms with van der Waals surface area (Å²) >= 11 is 0. The molecular formula is C18H20FN3O3. The van der Waals surface area contributed by atoms with E-state index in [9.17, 15) is 19.1 Å². The molecule has 1 unspecified atom stereocenters. The van der Waals surface area contributed by atoms with Crippen molar-refractivity contribution in [2.24, 2.45) is 0 Å². The minimum absolute atomic E-state index is 0.00999. The molecule has 4 rings (SSSR count). The molecule has 25 heavy (non-hydrogen) atoms. The first-order valence-electron chi connectivity index (χ1n) is 8.45. The summed E-state index contributed by atoms with van der Waals surface area (Å²) in [6, 6.07) is 1.21. The summed E-state index contributed by atoms with van der Waals surface area (Å²) in [5, 5.41) is 9.44. The van der Waals surface area contributed by atoms with Gasteiger partial charge in [0.1, 0.15) is 11.4 Å². The Bertz CT molecular complexity index is 945. The second-order valence-corrected chi connectivity index (χ2v) is 7.01. The monoisotopic (exact) mass is 345 g/mol. The van der Waals surface area contributed by atoms with Gasteiger partial charge in [-0.1, -0.05) is 0 Å². The van der Waals surface area contributed by atoms with Crippen molar-refractivity contribution in [1.29, 1.82) is 0 Å². The molecule has 6 nitrogen and oxygen atoms in total. The zero-order chi connectivity index (χ0) is 17.9. The van der Waals surface area contributed by atoms with Gasteiger partial charge in [0.15, 0.2) is 0 Å². The summed E-state index contributed by atoms with van der Waals surface area (Å²) in [5.74, 6) is -1.72. The molecule has 0 aliphatic carbocycles. The molecule has 1 aromatic heterocycles. The highest BCUT2D eigenvalue weighted by atomic mass is 19.1. The fourth-order valence-electron chi connectivity index (χ4n) is 4.02. The van der Waals surface area contributed by atoms with Gasteiger partial charge in [-0.25, -0.2) is 9.18 Å². The number of halogens is 1.